The molecule has 1 aromatic heterocycles. The molecule has 0 unspecified atom stereocenters. The third-order valence-electron chi connectivity index (χ3n) is 5.22. The molecule has 0 aliphatic carbocycles. The number of aromatic nitrogens is 2. The van der Waals surface area contributed by atoms with E-state index in [0.717, 1.165) is 17.6 Å². The van der Waals surface area contributed by atoms with E-state index in [4.69, 9.17) is 4.74 Å². The number of allylic oxidation sites excluding steroid dienone is 2. The van der Waals surface area contributed by atoms with Crippen LogP contribution in [0.5, 0.6) is 5.88 Å². The van der Waals surface area contributed by atoms with Crippen molar-refractivity contribution in [2.75, 3.05) is 12.9 Å². The van der Waals surface area contributed by atoms with Gasteiger partial charge in [0, 0.05) is 18.4 Å². The molecule has 0 bridgehead atoms. The summed E-state index contributed by atoms with van der Waals surface area (Å²) >= 11 is 0. The van der Waals surface area contributed by atoms with Crippen molar-refractivity contribution in [2.45, 2.75) is 66.3 Å². The number of benzene rings is 1. The molecule has 30 heavy (non-hydrogen) atoms. The number of carbonyl (C=O) groups excluding carboxylic acids is 1. The van der Waals surface area contributed by atoms with Crippen LogP contribution in [0.15, 0.2) is 22.6 Å². The number of hydrogen-bond donors (Lipinski definition) is 0. The van der Waals surface area contributed by atoms with E-state index in [-0.39, 0.29) is 10.7 Å². The Balaban J connectivity index is 2.80. The van der Waals surface area contributed by atoms with Gasteiger partial charge in [0.2, 0.25) is 11.7 Å². The highest BCUT2D eigenvalue weighted by molar-refractivity contribution is 7.90. The zero-order chi connectivity index (χ0) is 22.8. The first-order valence-corrected chi connectivity index (χ1v) is 12.1. The van der Waals surface area contributed by atoms with Crippen LogP contribution < -0.4 is 4.74 Å². The van der Waals surface area contributed by atoms with Crippen molar-refractivity contribution < 1.29 is 17.9 Å². The number of rotatable bonds is 8. The molecule has 0 aliphatic rings. The maximum atomic E-state index is 13.6. The van der Waals surface area contributed by atoms with E-state index in [1.165, 1.54) is 12.3 Å². The maximum Gasteiger partial charge on any atom is 0.223 e. The summed E-state index contributed by atoms with van der Waals surface area (Å²) in [5.41, 5.74) is 4.58. The number of hydrogen-bond acceptors (Lipinski definition) is 5. The highest BCUT2D eigenvalue weighted by Crippen LogP contribution is 2.34. The Labute approximate surface area is 179 Å². The second-order valence-corrected chi connectivity index (χ2v) is 9.74. The summed E-state index contributed by atoms with van der Waals surface area (Å²) in [6.45, 7) is 14.3. The van der Waals surface area contributed by atoms with E-state index in [0.29, 0.717) is 47.0 Å². The van der Waals surface area contributed by atoms with Gasteiger partial charge >= 0.3 is 0 Å². The van der Waals surface area contributed by atoms with E-state index < -0.39 is 9.84 Å². The largest absolute Gasteiger partial charge is 0.478 e. The van der Waals surface area contributed by atoms with Gasteiger partial charge in [0.15, 0.2) is 9.84 Å². The summed E-state index contributed by atoms with van der Waals surface area (Å²) in [6.07, 6.45) is 2.05. The van der Waals surface area contributed by atoms with Gasteiger partial charge in [0.05, 0.1) is 17.2 Å². The van der Waals surface area contributed by atoms with Crippen molar-refractivity contribution in [3.8, 4) is 5.88 Å². The summed E-state index contributed by atoms with van der Waals surface area (Å²) in [7, 11) is -3.46. The summed E-state index contributed by atoms with van der Waals surface area (Å²) in [5.74, 6) is 0.257. The molecule has 0 atom stereocenters. The van der Waals surface area contributed by atoms with Crippen LogP contribution >= 0.6 is 0 Å². The van der Waals surface area contributed by atoms with E-state index in [1.54, 1.807) is 24.6 Å². The minimum atomic E-state index is -3.46. The molecule has 0 aliphatic heterocycles. The first-order chi connectivity index (χ1) is 13.9. The SMILES string of the molecule is CCCn1nc(C)c(C(=O)c2ccc(S(C)(=O)=O)c(C(C)=C(C)C)c2C)c1OCC. The monoisotopic (exact) mass is 432 g/mol. The molecule has 1 heterocycles. The fraction of sp³-hybridized carbons (Fsp3) is 0.478. The molecule has 0 N–H and O–H groups in total. The van der Waals surface area contributed by atoms with Gasteiger partial charge in [0.1, 0.15) is 5.56 Å². The molecular weight excluding hydrogens is 400 g/mol. The van der Waals surface area contributed by atoms with Crippen molar-refractivity contribution in [1.82, 2.24) is 9.78 Å². The second kappa shape index (κ2) is 9.16. The summed E-state index contributed by atoms with van der Waals surface area (Å²) < 4.78 is 32.3. The Kier molecular flexibility index (Phi) is 7.29. The van der Waals surface area contributed by atoms with Crippen LogP contribution in [0, 0.1) is 13.8 Å². The standard InChI is InChI=1S/C23H32N2O4S/c1-9-13-25-23(29-10-2)21(17(7)24-25)22(26)18-11-12-19(30(8,27)28)20(16(18)6)15(5)14(3)4/h11-12H,9-10,13H2,1-8H3. The van der Waals surface area contributed by atoms with E-state index in [9.17, 15) is 13.2 Å². The van der Waals surface area contributed by atoms with Crippen LogP contribution in [-0.2, 0) is 16.4 Å². The Morgan fingerprint density at radius 1 is 1.10 bits per heavy atom. The predicted octanol–water partition coefficient (Wildman–Crippen LogP) is 4.76. The van der Waals surface area contributed by atoms with E-state index in [2.05, 4.69) is 5.10 Å². The Hall–Kier alpha value is -2.41. The molecule has 0 fully saturated rings. The van der Waals surface area contributed by atoms with Gasteiger partial charge in [-0.15, -0.1) is 0 Å². The van der Waals surface area contributed by atoms with Crippen molar-refractivity contribution in [2.24, 2.45) is 0 Å². The molecule has 0 saturated heterocycles. The van der Waals surface area contributed by atoms with Crippen LogP contribution in [0.4, 0.5) is 0 Å². The lowest BCUT2D eigenvalue weighted by molar-refractivity contribution is 0.103. The molecule has 2 aromatic rings. The smallest absolute Gasteiger partial charge is 0.223 e. The minimum Gasteiger partial charge on any atom is -0.478 e. The third-order valence-corrected chi connectivity index (χ3v) is 6.36. The molecule has 7 heteroatoms. The van der Waals surface area contributed by atoms with Crippen molar-refractivity contribution >= 4 is 21.2 Å². The zero-order valence-corrected chi connectivity index (χ0v) is 20.0. The zero-order valence-electron chi connectivity index (χ0n) is 19.2. The van der Waals surface area contributed by atoms with Gasteiger partial charge in [-0.2, -0.15) is 5.10 Å². The number of sulfone groups is 1. The minimum absolute atomic E-state index is 0.210. The summed E-state index contributed by atoms with van der Waals surface area (Å²) in [5, 5.41) is 4.50. The van der Waals surface area contributed by atoms with Gasteiger partial charge < -0.3 is 4.74 Å². The fourth-order valence-electron chi connectivity index (χ4n) is 3.56. The quantitative estimate of drug-likeness (QED) is 0.562. The summed E-state index contributed by atoms with van der Waals surface area (Å²) in [6, 6.07) is 3.13. The van der Waals surface area contributed by atoms with Crippen LogP contribution in [0.1, 0.15) is 73.8 Å². The van der Waals surface area contributed by atoms with Crippen molar-refractivity contribution in [1.29, 1.82) is 0 Å². The van der Waals surface area contributed by atoms with Crippen LogP contribution in [0.2, 0.25) is 0 Å². The first kappa shape index (κ1) is 23.9. The fourth-order valence-corrected chi connectivity index (χ4v) is 4.55. The molecule has 0 amide bonds. The number of aryl methyl sites for hydroxylation is 2. The molecule has 1 aromatic carbocycles. The lowest BCUT2D eigenvalue weighted by Crippen LogP contribution is -2.12. The number of ether oxygens (including phenoxy) is 1. The van der Waals surface area contributed by atoms with Crippen LogP contribution in [-0.4, -0.2) is 36.8 Å². The second-order valence-electron chi connectivity index (χ2n) is 7.76. The highest BCUT2D eigenvalue weighted by atomic mass is 32.2. The normalized spacial score (nSPS) is 11.5. The van der Waals surface area contributed by atoms with Crippen LogP contribution in [0.3, 0.4) is 0 Å². The molecule has 0 radical (unpaired) electrons. The topological polar surface area (TPSA) is 78.3 Å². The molecule has 164 valence electrons. The molecule has 6 nitrogen and oxygen atoms in total. The van der Waals surface area contributed by atoms with Crippen molar-refractivity contribution in [3.63, 3.8) is 0 Å². The Bertz CT molecular complexity index is 1100. The molecule has 0 spiro atoms. The Morgan fingerprint density at radius 3 is 2.23 bits per heavy atom. The van der Waals surface area contributed by atoms with Crippen molar-refractivity contribution in [3.05, 3.63) is 45.7 Å². The van der Waals surface area contributed by atoms with Gasteiger partial charge in [-0.3, -0.25) is 4.79 Å². The number of ketones is 1. The Morgan fingerprint density at radius 2 is 1.73 bits per heavy atom. The lowest BCUT2D eigenvalue weighted by Gasteiger charge is -2.17. The highest BCUT2D eigenvalue weighted by Gasteiger charge is 2.28. The summed E-state index contributed by atoms with van der Waals surface area (Å²) in [4.78, 5) is 13.8. The average molecular weight is 433 g/mol. The molecule has 2 rings (SSSR count). The van der Waals surface area contributed by atoms with Gasteiger partial charge in [0.25, 0.3) is 0 Å². The van der Waals surface area contributed by atoms with E-state index >= 15 is 0 Å². The maximum absolute atomic E-state index is 13.6. The number of carbonyl (C=O) groups is 1. The predicted molar refractivity (Wildman–Crippen MR) is 120 cm³/mol. The molecular formula is C23H32N2O4S. The lowest BCUT2D eigenvalue weighted by atomic mass is 9.91. The van der Waals surface area contributed by atoms with E-state index in [1.807, 2.05) is 34.6 Å². The molecule has 0 saturated carbocycles. The van der Waals surface area contributed by atoms with Gasteiger partial charge in [-0.1, -0.05) is 12.5 Å². The first-order valence-electron chi connectivity index (χ1n) is 10.2. The third kappa shape index (κ3) is 4.51. The van der Waals surface area contributed by atoms with Gasteiger partial charge in [-0.05, 0) is 76.8 Å². The average Bonchev–Trinajstić information content (AvgIpc) is 2.95. The van der Waals surface area contributed by atoms with Gasteiger partial charge in [-0.25, -0.2) is 13.1 Å². The van der Waals surface area contributed by atoms with Crippen LogP contribution in [0.25, 0.3) is 5.57 Å². The number of nitrogens with zero attached hydrogens (tertiary/aromatic N) is 2.